The molecule has 1 aromatic heterocycles. The summed E-state index contributed by atoms with van der Waals surface area (Å²) in [6.45, 7) is 3.72. The van der Waals surface area contributed by atoms with Crippen molar-refractivity contribution in [2.45, 2.75) is 19.4 Å². The number of rotatable bonds is 4. The van der Waals surface area contributed by atoms with E-state index in [4.69, 9.17) is 0 Å². The van der Waals surface area contributed by atoms with E-state index in [1.165, 1.54) is 5.56 Å². The van der Waals surface area contributed by atoms with Gasteiger partial charge in [0.25, 0.3) is 0 Å². The molecule has 0 aliphatic carbocycles. The Morgan fingerprint density at radius 1 is 1.73 bits per heavy atom. The normalized spacial score (nSPS) is 18.2. The monoisotopic (exact) mass is 224 g/mol. The third kappa shape index (κ3) is 2.79. The molecule has 0 radical (unpaired) electrons. The zero-order valence-electron chi connectivity index (χ0n) is 8.82. The van der Waals surface area contributed by atoms with Crippen molar-refractivity contribution in [2.24, 2.45) is 5.92 Å². The van der Waals surface area contributed by atoms with Crippen LogP contribution in [0.1, 0.15) is 12.5 Å². The second-order valence-electron chi connectivity index (χ2n) is 4.10. The van der Waals surface area contributed by atoms with Gasteiger partial charge in [0.05, 0.1) is 5.92 Å². The molecule has 3 nitrogen and oxygen atoms in total. The highest BCUT2D eigenvalue weighted by molar-refractivity contribution is 7.07. The minimum Gasteiger partial charge on any atom is -0.353 e. The van der Waals surface area contributed by atoms with Crippen LogP contribution in [0, 0.1) is 5.92 Å². The fourth-order valence-electron chi connectivity index (χ4n) is 1.65. The van der Waals surface area contributed by atoms with E-state index in [-0.39, 0.29) is 17.9 Å². The molecule has 2 N–H and O–H groups in total. The van der Waals surface area contributed by atoms with Gasteiger partial charge in [0, 0.05) is 19.1 Å². The van der Waals surface area contributed by atoms with Crippen LogP contribution in [0.2, 0.25) is 0 Å². The Hall–Kier alpha value is -0.870. The standard InChI is InChI=1S/C11H16N2OS/c1-8(4-9-2-3-15-7-9)13-11(14)10-5-12-6-10/h2-3,7-8,10,12H,4-6H2,1H3,(H,13,14). The van der Waals surface area contributed by atoms with Crippen molar-refractivity contribution < 1.29 is 4.79 Å². The van der Waals surface area contributed by atoms with Gasteiger partial charge >= 0.3 is 0 Å². The van der Waals surface area contributed by atoms with Gasteiger partial charge in [0.15, 0.2) is 0 Å². The van der Waals surface area contributed by atoms with Gasteiger partial charge in [-0.25, -0.2) is 0 Å². The lowest BCUT2D eigenvalue weighted by molar-refractivity contribution is -0.127. The third-order valence-corrected chi connectivity index (χ3v) is 3.39. The van der Waals surface area contributed by atoms with E-state index in [9.17, 15) is 4.79 Å². The minimum absolute atomic E-state index is 0.190. The quantitative estimate of drug-likeness (QED) is 0.801. The maximum atomic E-state index is 11.6. The Balaban J connectivity index is 1.76. The molecule has 15 heavy (non-hydrogen) atoms. The molecule has 1 amide bonds. The number of carbonyl (C=O) groups excluding carboxylic acids is 1. The zero-order chi connectivity index (χ0) is 10.7. The molecule has 0 saturated carbocycles. The van der Waals surface area contributed by atoms with E-state index in [2.05, 4.69) is 34.4 Å². The van der Waals surface area contributed by atoms with Gasteiger partial charge in [-0.1, -0.05) is 0 Å². The molecule has 0 bridgehead atoms. The number of hydrogen-bond donors (Lipinski definition) is 2. The third-order valence-electron chi connectivity index (χ3n) is 2.66. The number of hydrogen-bond acceptors (Lipinski definition) is 3. The van der Waals surface area contributed by atoms with E-state index >= 15 is 0 Å². The molecule has 2 rings (SSSR count). The van der Waals surface area contributed by atoms with Crippen LogP contribution in [0.15, 0.2) is 16.8 Å². The lowest BCUT2D eigenvalue weighted by Gasteiger charge is -2.27. The Kier molecular flexibility index (Phi) is 3.38. The van der Waals surface area contributed by atoms with Crippen molar-refractivity contribution in [3.63, 3.8) is 0 Å². The van der Waals surface area contributed by atoms with E-state index in [1.54, 1.807) is 11.3 Å². The van der Waals surface area contributed by atoms with Crippen molar-refractivity contribution in [3.05, 3.63) is 22.4 Å². The van der Waals surface area contributed by atoms with Crippen LogP contribution in [0.4, 0.5) is 0 Å². The fourth-order valence-corrected chi connectivity index (χ4v) is 2.33. The smallest absolute Gasteiger partial charge is 0.225 e. The molecule has 1 atom stereocenters. The summed E-state index contributed by atoms with van der Waals surface area (Å²) < 4.78 is 0. The number of nitrogens with one attached hydrogen (secondary N) is 2. The highest BCUT2D eigenvalue weighted by atomic mass is 32.1. The van der Waals surface area contributed by atoms with Crippen LogP contribution in [-0.4, -0.2) is 25.0 Å². The first-order valence-electron chi connectivity index (χ1n) is 5.28. The predicted molar refractivity (Wildman–Crippen MR) is 62.0 cm³/mol. The Bertz CT molecular complexity index is 319. The maximum Gasteiger partial charge on any atom is 0.225 e. The lowest BCUT2D eigenvalue weighted by atomic mass is 10.0. The van der Waals surface area contributed by atoms with Gasteiger partial charge in [-0.3, -0.25) is 4.79 Å². The molecule has 1 fully saturated rings. The average molecular weight is 224 g/mol. The second-order valence-corrected chi connectivity index (χ2v) is 4.88. The van der Waals surface area contributed by atoms with Crippen molar-refractivity contribution in [2.75, 3.05) is 13.1 Å². The first-order valence-corrected chi connectivity index (χ1v) is 6.22. The Morgan fingerprint density at radius 2 is 2.53 bits per heavy atom. The van der Waals surface area contributed by atoms with Crippen molar-refractivity contribution in [1.82, 2.24) is 10.6 Å². The van der Waals surface area contributed by atoms with Crippen molar-refractivity contribution >= 4 is 17.2 Å². The summed E-state index contributed by atoms with van der Waals surface area (Å²) in [5, 5.41) is 10.3. The van der Waals surface area contributed by atoms with Crippen molar-refractivity contribution in [1.29, 1.82) is 0 Å². The van der Waals surface area contributed by atoms with E-state index < -0.39 is 0 Å². The van der Waals surface area contributed by atoms with Gasteiger partial charge in [-0.2, -0.15) is 11.3 Å². The second kappa shape index (κ2) is 4.77. The summed E-state index contributed by atoms with van der Waals surface area (Å²) >= 11 is 1.70. The topological polar surface area (TPSA) is 41.1 Å². The van der Waals surface area contributed by atoms with Gasteiger partial charge in [-0.05, 0) is 35.7 Å². The highest BCUT2D eigenvalue weighted by Crippen LogP contribution is 2.09. The number of carbonyl (C=O) groups is 1. The molecule has 1 aliphatic heterocycles. The van der Waals surface area contributed by atoms with Crippen LogP contribution in [0.5, 0.6) is 0 Å². The molecule has 4 heteroatoms. The van der Waals surface area contributed by atoms with E-state index in [0.29, 0.717) is 0 Å². The Morgan fingerprint density at radius 3 is 3.07 bits per heavy atom. The predicted octanol–water partition coefficient (Wildman–Crippen LogP) is 1.01. The summed E-state index contributed by atoms with van der Waals surface area (Å²) in [6.07, 6.45) is 0.926. The summed E-state index contributed by atoms with van der Waals surface area (Å²) in [6, 6.07) is 2.34. The van der Waals surface area contributed by atoms with E-state index in [1.807, 2.05) is 0 Å². The van der Waals surface area contributed by atoms with Crippen molar-refractivity contribution in [3.8, 4) is 0 Å². The average Bonchev–Trinajstić information content (AvgIpc) is 2.52. The van der Waals surface area contributed by atoms with Crippen LogP contribution in [-0.2, 0) is 11.2 Å². The largest absolute Gasteiger partial charge is 0.353 e. The van der Waals surface area contributed by atoms with Gasteiger partial charge in [0.2, 0.25) is 5.91 Å². The number of thiophene rings is 1. The fraction of sp³-hybridized carbons (Fsp3) is 0.545. The van der Waals surface area contributed by atoms with E-state index in [0.717, 1.165) is 19.5 Å². The highest BCUT2D eigenvalue weighted by Gasteiger charge is 2.25. The molecule has 1 aromatic rings. The molecule has 1 unspecified atom stereocenters. The molecule has 0 aromatic carbocycles. The minimum atomic E-state index is 0.190. The van der Waals surface area contributed by atoms with Gasteiger partial charge in [-0.15, -0.1) is 0 Å². The lowest BCUT2D eigenvalue weighted by Crippen LogP contribution is -2.52. The molecule has 82 valence electrons. The van der Waals surface area contributed by atoms with Crippen LogP contribution < -0.4 is 10.6 Å². The molecule has 1 saturated heterocycles. The maximum absolute atomic E-state index is 11.6. The molecular weight excluding hydrogens is 208 g/mol. The molecular formula is C11H16N2OS. The SMILES string of the molecule is CC(Cc1ccsc1)NC(=O)C1CNC1. The summed E-state index contributed by atoms with van der Waals surface area (Å²) in [5.74, 6) is 0.381. The summed E-state index contributed by atoms with van der Waals surface area (Å²) in [7, 11) is 0. The molecule has 1 aliphatic rings. The first-order chi connectivity index (χ1) is 7.25. The summed E-state index contributed by atoms with van der Waals surface area (Å²) in [4.78, 5) is 11.6. The number of amides is 1. The van der Waals surface area contributed by atoms with Crippen LogP contribution >= 0.6 is 11.3 Å². The van der Waals surface area contributed by atoms with Gasteiger partial charge in [0.1, 0.15) is 0 Å². The zero-order valence-corrected chi connectivity index (χ0v) is 9.64. The Labute approximate surface area is 93.9 Å². The van der Waals surface area contributed by atoms with Crippen LogP contribution in [0.3, 0.4) is 0 Å². The molecule has 0 spiro atoms. The molecule has 2 heterocycles. The van der Waals surface area contributed by atoms with Gasteiger partial charge < -0.3 is 10.6 Å². The van der Waals surface area contributed by atoms with Crippen LogP contribution in [0.25, 0.3) is 0 Å². The summed E-state index contributed by atoms with van der Waals surface area (Å²) in [5.41, 5.74) is 1.31. The first kappa shape index (κ1) is 10.6.